The molecule has 25 heavy (non-hydrogen) atoms. The molecule has 0 unspecified atom stereocenters. The Morgan fingerprint density at radius 2 is 2.00 bits per heavy atom. The van der Waals surface area contributed by atoms with E-state index < -0.39 is 0 Å². The van der Waals surface area contributed by atoms with Crippen LogP contribution in [0, 0.1) is 13.8 Å². The van der Waals surface area contributed by atoms with Gasteiger partial charge < -0.3 is 9.84 Å². The number of carbonyl (C=O) groups excluding carboxylic acids is 1. The van der Waals surface area contributed by atoms with Gasteiger partial charge in [-0.15, -0.1) is 0 Å². The topological polar surface area (TPSA) is 85.8 Å². The molecular weight excluding hydrogens is 318 g/mol. The van der Waals surface area contributed by atoms with Gasteiger partial charge in [0.2, 0.25) is 11.7 Å². The van der Waals surface area contributed by atoms with E-state index in [4.69, 9.17) is 4.52 Å². The zero-order chi connectivity index (χ0) is 17.8. The van der Waals surface area contributed by atoms with Crippen LogP contribution in [0.1, 0.15) is 40.9 Å². The van der Waals surface area contributed by atoms with Gasteiger partial charge in [0.05, 0.1) is 11.8 Å². The average molecular weight is 339 g/mol. The number of hydrogen-bond acceptors (Lipinski definition) is 5. The van der Waals surface area contributed by atoms with Crippen LogP contribution in [-0.2, 0) is 13.1 Å². The van der Waals surface area contributed by atoms with Gasteiger partial charge >= 0.3 is 0 Å². The number of carbonyl (C=O) groups is 1. The highest BCUT2D eigenvalue weighted by atomic mass is 16.5. The van der Waals surface area contributed by atoms with Crippen molar-refractivity contribution in [3.8, 4) is 11.4 Å². The number of rotatable bonds is 6. The maximum absolute atomic E-state index is 12.4. The van der Waals surface area contributed by atoms with E-state index in [1.165, 1.54) is 0 Å². The van der Waals surface area contributed by atoms with Crippen LogP contribution in [0.4, 0.5) is 0 Å². The molecule has 7 nitrogen and oxygen atoms in total. The first-order valence-electron chi connectivity index (χ1n) is 8.28. The molecule has 0 aliphatic carbocycles. The van der Waals surface area contributed by atoms with Crippen LogP contribution in [0.5, 0.6) is 0 Å². The Hall–Kier alpha value is -2.96. The van der Waals surface area contributed by atoms with Crippen LogP contribution in [0.3, 0.4) is 0 Å². The molecule has 2 heterocycles. The van der Waals surface area contributed by atoms with Gasteiger partial charge in [0.1, 0.15) is 0 Å². The normalized spacial score (nSPS) is 10.8. The summed E-state index contributed by atoms with van der Waals surface area (Å²) in [5.74, 6) is 0.982. The predicted molar refractivity (Wildman–Crippen MR) is 92.9 cm³/mol. The lowest BCUT2D eigenvalue weighted by molar-refractivity contribution is 0.0950. The molecule has 2 aromatic heterocycles. The first-order valence-corrected chi connectivity index (χ1v) is 8.28. The van der Waals surface area contributed by atoms with Crippen molar-refractivity contribution in [2.24, 2.45) is 0 Å². The zero-order valence-electron chi connectivity index (χ0n) is 14.6. The number of hydrogen-bond donors (Lipinski definition) is 1. The van der Waals surface area contributed by atoms with E-state index in [0.717, 1.165) is 29.8 Å². The van der Waals surface area contributed by atoms with Crippen LogP contribution in [0.15, 0.2) is 35.0 Å². The van der Waals surface area contributed by atoms with E-state index in [9.17, 15) is 4.79 Å². The molecule has 1 amide bonds. The predicted octanol–water partition coefficient (Wildman–Crippen LogP) is 2.89. The Balaban J connectivity index is 1.62. The molecule has 0 saturated heterocycles. The van der Waals surface area contributed by atoms with Crippen LogP contribution in [-0.4, -0.2) is 25.8 Å². The first-order chi connectivity index (χ1) is 12.1. The Labute approximate surface area is 146 Å². The van der Waals surface area contributed by atoms with E-state index in [1.54, 1.807) is 13.1 Å². The van der Waals surface area contributed by atoms with Gasteiger partial charge in [0.25, 0.3) is 5.91 Å². The van der Waals surface area contributed by atoms with Crippen LogP contribution in [0.25, 0.3) is 11.4 Å². The van der Waals surface area contributed by atoms with Crippen LogP contribution >= 0.6 is 0 Å². The van der Waals surface area contributed by atoms with Gasteiger partial charge in [-0.25, -0.2) is 0 Å². The summed E-state index contributed by atoms with van der Waals surface area (Å²) in [5, 5.41) is 11.1. The van der Waals surface area contributed by atoms with Crippen molar-refractivity contribution >= 4 is 5.91 Å². The summed E-state index contributed by atoms with van der Waals surface area (Å²) in [6.07, 6.45) is 2.61. The van der Waals surface area contributed by atoms with E-state index >= 15 is 0 Å². The van der Waals surface area contributed by atoms with Crippen molar-refractivity contribution in [2.75, 3.05) is 0 Å². The van der Waals surface area contributed by atoms with Crippen molar-refractivity contribution in [2.45, 2.75) is 40.3 Å². The standard InChI is InChI=1S/C18H21N5O2/c1-4-9-23-12(2)16(11-20-23)18(24)19-10-14-5-7-15(8-6-14)17-21-13(3)25-22-17/h5-8,11H,4,9-10H2,1-3H3,(H,19,24). The molecule has 1 N–H and O–H groups in total. The van der Waals surface area contributed by atoms with Crippen LogP contribution in [0.2, 0.25) is 0 Å². The first kappa shape index (κ1) is 16.9. The molecule has 0 bridgehead atoms. The summed E-state index contributed by atoms with van der Waals surface area (Å²) >= 11 is 0. The Morgan fingerprint density at radius 3 is 2.64 bits per heavy atom. The number of aryl methyl sites for hydroxylation is 2. The molecule has 0 atom stereocenters. The molecule has 7 heteroatoms. The van der Waals surface area contributed by atoms with E-state index in [0.29, 0.717) is 23.8 Å². The number of aromatic nitrogens is 4. The molecular formula is C18H21N5O2. The SMILES string of the molecule is CCCn1ncc(C(=O)NCc2ccc(-c3noc(C)n3)cc2)c1C. The second-order valence-corrected chi connectivity index (χ2v) is 5.88. The summed E-state index contributed by atoms with van der Waals surface area (Å²) in [6.45, 7) is 7.02. The second kappa shape index (κ2) is 7.29. The maximum atomic E-state index is 12.4. The fourth-order valence-electron chi connectivity index (χ4n) is 2.57. The highest BCUT2D eigenvalue weighted by Gasteiger charge is 2.13. The fraction of sp³-hybridized carbons (Fsp3) is 0.333. The third-order valence-electron chi connectivity index (χ3n) is 3.98. The number of nitrogens with one attached hydrogen (secondary N) is 1. The summed E-state index contributed by atoms with van der Waals surface area (Å²) in [6, 6.07) is 7.70. The van der Waals surface area contributed by atoms with Crippen molar-refractivity contribution in [3.63, 3.8) is 0 Å². The highest BCUT2D eigenvalue weighted by Crippen LogP contribution is 2.16. The van der Waals surface area contributed by atoms with E-state index in [2.05, 4.69) is 27.5 Å². The number of nitrogens with zero attached hydrogens (tertiary/aromatic N) is 4. The molecule has 0 saturated carbocycles. The van der Waals surface area contributed by atoms with E-state index in [-0.39, 0.29) is 5.91 Å². The van der Waals surface area contributed by atoms with E-state index in [1.807, 2.05) is 35.9 Å². The molecule has 3 rings (SSSR count). The third-order valence-corrected chi connectivity index (χ3v) is 3.98. The fourth-order valence-corrected chi connectivity index (χ4v) is 2.57. The quantitative estimate of drug-likeness (QED) is 0.746. The second-order valence-electron chi connectivity index (χ2n) is 5.88. The Morgan fingerprint density at radius 1 is 1.24 bits per heavy atom. The molecule has 130 valence electrons. The summed E-state index contributed by atoms with van der Waals surface area (Å²) < 4.78 is 6.84. The third kappa shape index (κ3) is 3.76. The van der Waals surface area contributed by atoms with Gasteiger partial charge in [-0.1, -0.05) is 36.3 Å². The molecule has 0 aliphatic rings. The average Bonchev–Trinajstić information content (AvgIpc) is 3.20. The minimum atomic E-state index is -0.113. The minimum absolute atomic E-state index is 0.113. The highest BCUT2D eigenvalue weighted by molar-refractivity contribution is 5.95. The molecule has 0 aliphatic heterocycles. The molecule has 3 aromatic rings. The summed E-state index contributed by atoms with van der Waals surface area (Å²) in [7, 11) is 0. The molecule has 0 fully saturated rings. The molecule has 1 aromatic carbocycles. The lowest BCUT2D eigenvalue weighted by Gasteiger charge is -2.06. The largest absolute Gasteiger partial charge is 0.348 e. The molecule has 0 radical (unpaired) electrons. The van der Waals surface area contributed by atoms with Gasteiger partial charge in [-0.2, -0.15) is 10.1 Å². The van der Waals surface area contributed by atoms with Gasteiger partial charge in [-0.05, 0) is 18.9 Å². The van der Waals surface area contributed by atoms with Crippen molar-refractivity contribution in [1.82, 2.24) is 25.2 Å². The molecule has 0 spiro atoms. The van der Waals surface area contributed by atoms with Gasteiger partial charge in [-0.3, -0.25) is 9.48 Å². The number of benzene rings is 1. The Bertz CT molecular complexity index is 864. The lowest BCUT2D eigenvalue weighted by atomic mass is 10.1. The maximum Gasteiger partial charge on any atom is 0.255 e. The van der Waals surface area contributed by atoms with Crippen molar-refractivity contribution in [3.05, 3.63) is 53.2 Å². The summed E-state index contributed by atoms with van der Waals surface area (Å²) in [5.41, 5.74) is 3.38. The zero-order valence-corrected chi connectivity index (χ0v) is 14.6. The van der Waals surface area contributed by atoms with Crippen molar-refractivity contribution < 1.29 is 9.32 Å². The number of amides is 1. The van der Waals surface area contributed by atoms with Gasteiger partial charge in [0, 0.05) is 31.3 Å². The monoisotopic (exact) mass is 339 g/mol. The minimum Gasteiger partial charge on any atom is -0.348 e. The van der Waals surface area contributed by atoms with Gasteiger partial charge in [0.15, 0.2) is 0 Å². The summed E-state index contributed by atoms with van der Waals surface area (Å²) in [4.78, 5) is 16.5. The lowest BCUT2D eigenvalue weighted by Crippen LogP contribution is -2.23. The smallest absolute Gasteiger partial charge is 0.255 e. The van der Waals surface area contributed by atoms with Crippen molar-refractivity contribution in [1.29, 1.82) is 0 Å². The van der Waals surface area contributed by atoms with Crippen LogP contribution < -0.4 is 5.32 Å². The Kier molecular flexibility index (Phi) is 4.92.